The summed E-state index contributed by atoms with van der Waals surface area (Å²) in [4.78, 5) is 0. The summed E-state index contributed by atoms with van der Waals surface area (Å²) in [6.07, 6.45) is 2.57. The minimum absolute atomic E-state index is 0.221. The molecule has 0 amide bonds. The average Bonchev–Trinajstić information content (AvgIpc) is 2.50. The third-order valence-corrected chi connectivity index (χ3v) is 3.60. The molecular formula is C10H14BrNO2. The maximum Gasteiger partial charge on any atom is 0.169 e. The molecule has 0 aliphatic heterocycles. The van der Waals surface area contributed by atoms with Crippen LogP contribution in [0.15, 0.2) is 21.2 Å². The fourth-order valence-electron chi connectivity index (χ4n) is 2.11. The zero-order chi connectivity index (χ0) is 10.2. The van der Waals surface area contributed by atoms with Crippen molar-refractivity contribution in [2.24, 2.45) is 5.73 Å². The van der Waals surface area contributed by atoms with E-state index in [1.165, 1.54) is 0 Å². The minimum Gasteiger partial charge on any atom is -0.454 e. The van der Waals surface area contributed by atoms with Crippen LogP contribution in [0.2, 0.25) is 0 Å². The first-order valence-electron chi connectivity index (χ1n) is 4.83. The van der Waals surface area contributed by atoms with Crippen molar-refractivity contribution in [2.45, 2.75) is 30.8 Å². The van der Waals surface area contributed by atoms with Gasteiger partial charge < -0.3 is 15.3 Å². The van der Waals surface area contributed by atoms with E-state index in [4.69, 9.17) is 10.2 Å². The van der Waals surface area contributed by atoms with Gasteiger partial charge in [0.15, 0.2) is 4.67 Å². The normalized spacial score (nSPS) is 21.6. The predicted molar refractivity (Wildman–Crippen MR) is 57.0 cm³/mol. The van der Waals surface area contributed by atoms with Gasteiger partial charge in [0, 0.05) is 6.54 Å². The van der Waals surface area contributed by atoms with E-state index in [0.29, 0.717) is 4.67 Å². The van der Waals surface area contributed by atoms with Crippen molar-refractivity contribution in [1.29, 1.82) is 0 Å². The van der Waals surface area contributed by atoms with Crippen molar-refractivity contribution >= 4 is 15.9 Å². The summed E-state index contributed by atoms with van der Waals surface area (Å²) in [5.74, 6) is 0.855. The maximum absolute atomic E-state index is 9.89. The number of nitrogens with two attached hydrogens (primary N) is 1. The lowest BCUT2D eigenvalue weighted by atomic mass is 9.63. The molecule has 14 heavy (non-hydrogen) atoms. The average molecular weight is 260 g/mol. The van der Waals surface area contributed by atoms with Crippen LogP contribution in [-0.4, -0.2) is 17.8 Å². The number of aliphatic hydroxyl groups is 1. The van der Waals surface area contributed by atoms with Crippen LogP contribution in [0, 0.1) is 0 Å². The molecule has 1 aliphatic rings. The van der Waals surface area contributed by atoms with Gasteiger partial charge in [0.25, 0.3) is 0 Å². The van der Waals surface area contributed by atoms with Crippen LogP contribution in [0.1, 0.15) is 25.0 Å². The Kier molecular flexibility index (Phi) is 2.68. The van der Waals surface area contributed by atoms with Crippen LogP contribution in [0.3, 0.4) is 0 Å². The van der Waals surface area contributed by atoms with E-state index in [1.54, 1.807) is 0 Å². The van der Waals surface area contributed by atoms with E-state index < -0.39 is 6.10 Å². The number of hydrogen-bond donors (Lipinski definition) is 2. The molecule has 0 saturated heterocycles. The van der Waals surface area contributed by atoms with Gasteiger partial charge >= 0.3 is 0 Å². The van der Waals surface area contributed by atoms with Crippen LogP contribution < -0.4 is 5.73 Å². The largest absolute Gasteiger partial charge is 0.454 e. The van der Waals surface area contributed by atoms with E-state index in [9.17, 15) is 5.11 Å². The molecule has 1 atom stereocenters. The molecule has 1 fully saturated rings. The molecule has 4 heteroatoms. The van der Waals surface area contributed by atoms with E-state index in [1.807, 2.05) is 12.1 Å². The highest BCUT2D eigenvalue weighted by Gasteiger charge is 2.46. The fourth-order valence-corrected chi connectivity index (χ4v) is 2.42. The highest BCUT2D eigenvalue weighted by molar-refractivity contribution is 9.10. The zero-order valence-electron chi connectivity index (χ0n) is 7.87. The second kappa shape index (κ2) is 3.68. The van der Waals surface area contributed by atoms with Gasteiger partial charge in [-0.1, -0.05) is 6.42 Å². The van der Waals surface area contributed by atoms with Crippen LogP contribution in [-0.2, 0) is 5.41 Å². The Morgan fingerprint density at radius 3 is 2.64 bits per heavy atom. The molecule has 1 aromatic rings. The van der Waals surface area contributed by atoms with Crippen molar-refractivity contribution in [3.8, 4) is 0 Å². The molecule has 0 bridgehead atoms. The Hall–Kier alpha value is -0.320. The van der Waals surface area contributed by atoms with Gasteiger partial charge in [-0.3, -0.25) is 0 Å². The third-order valence-electron chi connectivity index (χ3n) is 3.17. The smallest absolute Gasteiger partial charge is 0.169 e. The molecule has 3 nitrogen and oxygen atoms in total. The number of halogens is 1. The van der Waals surface area contributed by atoms with E-state index >= 15 is 0 Å². The van der Waals surface area contributed by atoms with Gasteiger partial charge in [0.1, 0.15) is 5.76 Å². The SMILES string of the molecule is NCC(O)C1(c2ccc(Br)o2)CCC1. The summed E-state index contributed by atoms with van der Waals surface area (Å²) in [5.41, 5.74) is 5.29. The zero-order valence-corrected chi connectivity index (χ0v) is 9.46. The molecule has 78 valence electrons. The summed E-state index contributed by atoms with van der Waals surface area (Å²) >= 11 is 3.27. The van der Waals surface area contributed by atoms with Crippen LogP contribution >= 0.6 is 15.9 Å². The standard InChI is InChI=1S/C10H14BrNO2/c11-9-3-2-8(14-9)10(4-1-5-10)7(13)6-12/h2-3,7,13H,1,4-6,12H2. The van der Waals surface area contributed by atoms with Crippen molar-refractivity contribution in [1.82, 2.24) is 0 Å². The first-order chi connectivity index (χ1) is 6.69. The molecule has 1 aliphatic carbocycles. The lowest BCUT2D eigenvalue weighted by Gasteiger charge is -2.43. The van der Waals surface area contributed by atoms with Gasteiger partial charge in [-0.15, -0.1) is 0 Å². The predicted octanol–water partition coefficient (Wildman–Crippen LogP) is 1.78. The summed E-state index contributed by atoms with van der Waals surface area (Å²) in [6, 6.07) is 3.78. The maximum atomic E-state index is 9.89. The Bertz CT molecular complexity index is 320. The quantitative estimate of drug-likeness (QED) is 0.870. The molecule has 0 radical (unpaired) electrons. The lowest BCUT2D eigenvalue weighted by Crippen LogP contribution is -2.48. The second-order valence-electron chi connectivity index (χ2n) is 3.86. The number of rotatable bonds is 3. The monoisotopic (exact) mass is 259 g/mol. The van der Waals surface area contributed by atoms with Gasteiger partial charge in [-0.2, -0.15) is 0 Å². The van der Waals surface area contributed by atoms with Crippen molar-refractivity contribution < 1.29 is 9.52 Å². The third kappa shape index (κ3) is 1.42. The number of aliphatic hydroxyl groups excluding tert-OH is 1. The molecule has 1 aromatic heterocycles. The van der Waals surface area contributed by atoms with E-state index in [0.717, 1.165) is 25.0 Å². The molecule has 2 rings (SSSR count). The molecule has 3 N–H and O–H groups in total. The van der Waals surface area contributed by atoms with Crippen LogP contribution in [0.4, 0.5) is 0 Å². The first-order valence-corrected chi connectivity index (χ1v) is 5.62. The van der Waals surface area contributed by atoms with Crippen molar-refractivity contribution in [3.05, 3.63) is 22.6 Å². The Labute approximate surface area is 91.4 Å². The number of hydrogen-bond acceptors (Lipinski definition) is 3. The van der Waals surface area contributed by atoms with Crippen molar-refractivity contribution in [3.63, 3.8) is 0 Å². The minimum atomic E-state index is -0.491. The molecule has 1 saturated carbocycles. The Morgan fingerprint density at radius 2 is 2.29 bits per heavy atom. The summed E-state index contributed by atoms with van der Waals surface area (Å²) in [5, 5.41) is 9.89. The second-order valence-corrected chi connectivity index (χ2v) is 4.65. The van der Waals surface area contributed by atoms with Gasteiger partial charge in [-0.25, -0.2) is 0 Å². The summed E-state index contributed by atoms with van der Waals surface area (Å²) in [6.45, 7) is 0.290. The topological polar surface area (TPSA) is 59.4 Å². The molecule has 0 aromatic carbocycles. The Morgan fingerprint density at radius 1 is 1.57 bits per heavy atom. The lowest BCUT2D eigenvalue weighted by molar-refractivity contribution is 0.0195. The molecular weight excluding hydrogens is 246 g/mol. The van der Waals surface area contributed by atoms with E-state index in [-0.39, 0.29) is 12.0 Å². The van der Waals surface area contributed by atoms with Gasteiger partial charge in [0.05, 0.1) is 11.5 Å². The number of furan rings is 1. The fraction of sp³-hybridized carbons (Fsp3) is 0.600. The molecule has 1 heterocycles. The van der Waals surface area contributed by atoms with Crippen LogP contribution in [0.5, 0.6) is 0 Å². The van der Waals surface area contributed by atoms with Crippen molar-refractivity contribution in [2.75, 3.05) is 6.54 Å². The van der Waals surface area contributed by atoms with Gasteiger partial charge in [0.2, 0.25) is 0 Å². The molecule has 0 spiro atoms. The first kappa shape index (κ1) is 10.2. The highest BCUT2D eigenvalue weighted by Crippen LogP contribution is 2.47. The van der Waals surface area contributed by atoms with Gasteiger partial charge in [-0.05, 0) is 40.9 Å². The highest BCUT2D eigenvalue weighted by atomic mass is 79.9. The summed E-state index contributed by atoms with van der Waals surface area (Å²) < 4.78 is 6.23. The molecule has 1 unspecified atom stereocenters. The Balaban J connectivity index is 2.28. The van der Waals surface area contributed by atoms with E-state index in [2.05, 4.69) is 15.9 Å². The summed E-state index contributed by atoms with van der Waals surface area (Å²) in [7, 11) is 0. The van der Waals surface area contributed by atoms with Crippen LogP contribution in [0.25, 0.3) is 0 Å².